The lowest BCUT2D eigenvalue weighted by Gasteiger charge is -1.98. The van der Waals surface area contributed by atoms with Gasteiger partial charge >= 0.3 is 0 Å². The maximum absolute atomic E-state index is 5.65. The van der Waals surface area contributed by atoms with E-state index in [1.165, 1.54) is 12.8 Å². The normalized spacial score (nSPS) is 16.1. The molecule has 1 aromatic heterocycles. The molecule has 0 amide bonds. The topological polar surface area (TPSA) is 38.1 Å². The van der Waals surface area contributed by atoms with Crippen molar-refractivity contribution >= 4 is 0 Å². The molecule has 1 aromatic rings. The Bertz CT molecular complexity index is 279. The monoisotopic (exact) mass is 194 g/mol. The fourth-order valence-corrected chi connectivity index (χ4v) is 1.54. The number of hydrogen-bond donors (Lipinski definition) is 1. The van der Waals surface area contributed by atoms with Gasteiger partial charge in [0.15, 0.2) is 5.89 Å². The third-order valence-corrected chi connectivity index (χ3v) is 2.55. The second-order valence-corrected chi connectivity index (χ2v) is 3.89. The van der Waals surface area contributed by atoms with Gasteiger partial charge in [-0.25, -0.2) is 4.98 Å². The molecule has 0 unspecified atom stereocenters. The summed E-state index contributed by atoms with van der Waals surface area (Å²) in [6.07, 6.45) is 6.54. The Morgan fingerprint density at radius 2 is 2.43 bits per heavy atom. The molecule has 3 nitrogen and oxygen atoms in total. The summed E-state index contributed by atoms with van der Waals surface area (Å²) >= 11 is 0. The van der Waals surface area contributed by atoms with E-state index in [1.54, 1.807) is 0 Å². The van der Waals surface area contributed by atoms with Crippen LogP contribution in [0.25, 0.3) is 0 Å². The van der Waals surface area contributed by atoms with Crippen LogP contribution in [0.5, 0.6) is 0 Å². The minimum absolute atomic E-state index is 0.685. The van der Waals surface area contributed by atoms with Crippen LogP contribution in [0.1, 0.15) is 43.8 Å². The number of oxazole rings is 1. The smallest absolute Gasteiger partial charge is 0.194 e. The first-order chi connectivity index (χ1) is 6.90. The quantitative estimate of drug-likeness (QED) is 0.705. The summed E-state index contributed by atoms with van der Waals surface area (Å²) in [6, 6.07) is 0. The van der Waals surface area contributed by atoms with Crippen molar-refractivity contribution in [3.05, 3.63) is 17.8 Å². The molecule has 1 aliphatic carbocycles. The fourth-order valence-electron chi connectivity index (χ4n) is 1.54. The highest BCUT2D eigenvalue weighted by molar-refractivity contribution is 5.08. The third kappa shape index (κ3) is 2.58. The highest BCUT2D eigenvalue weighted by Crippen LogP contribution is 2.40. The molecule has 1 N–H and O–H groups in total. The minimum Gasteiger partial charge on any atom is -0.445 e. The van der Waals surface area contributed by atoms with Crippen LogP contribution in [0.4, 0.5) is 0 Å². The van der Waals surface area contributed by atoms with E-state index in [0.29, 0.717) is 5.92 Å². The van der Waals surface area contributed by atoms with Gasteiger partial charge in [-0.1, -0.05) is 6.92 Å². The van der Waals surface area contributed by atoms with Crippen molar-refractivity contribution < 1.29 is 4.42 Å². The van der Waals surface area contributed by atoms with Gasteiger partial charge in [-0.3, -0.25) is 0 Å². The Morgan fingerprint density at radius 1 is 1.57 bits per heavy atom. The van der Waals surface area contributed by atoms with Crippen molar-refractivity contribution in [2.24, 2.45) is 0 Å². The van der Waals surface area contributed by atoms with Gasteiger partial charge in [-0.2, -0.15) is 0 Å². The van der Waals surface area contributed by atoms with Gasteiger partial charge in [0.25, 0.3) is 0 Å². The van der Waals surface area contributed by atoms with Crippen LogP contribution in [-0.4, -0.2) is 18.1 Å². The molecule has 0 aromatic carbocycles. The average Bonchev–Trinajstić information content (AvgIpc) is 2.94. The molecule has 3 heteroatoms. The Hall–Kier alpha value is -0.830. The zero-order valence-electron chi connectivity index (χ0n) is 8.75. The highest BCUT2D eigenvalue weighted by atomic mass is 16.4. The summed E-state index contributed by atoms with van der Waals surface area (Å²) in [5, 5.41) is 3.29. The lowest BCUT2D eigenvalue weighted by Crippen LogP contribution is -2.14. The van der Waals surface area contributed by atoms with Crippen LogP contribution in [0.2, 0.25) is 0 Å². The number of nitrogens with zero attached hydrogens (tertiary/aromatic N) is 1. The van der Waals surface area contributed by atoms with Gasteiger partial charge < -0.3 is 9.73 Å². The summed E-state index contributed by atoms with van der Waals surface area (Å²) < 4.78 is 5.65. The van der Waals surface area contributed by atoms with Crippen LogP contribution in [0.15, 0.2) is 10.6 Å². The molecule has 1 aliphatic rings. The summed E-state index contributed by atoms with van der Waals surface area (Å²) in [4.78, 5) is 4.28. The van der Waals surface area contributed by atoms with Gasteiger partial charge in [0.05, 0.1) is 6.20 Å². The molecule has 0 radical (unpaired) electrons. The predicted octanol–water partition coefficient (Wildman–Crippen LogP) is 2.09. The van der Waals surface area contributed by atoms with E-state index in [9.17, 15) is 0 Å². The molecule has 0 bridgehead atoms. The molecule has 14 heavy (non-hydrogen) atoms. The van der Waals surface area contributed by atoms with Gasteiger partial charge in [-0.15, -0.1) is 0 Å². The zero-order valence-corrected chi connectivity index (χ0v) is 8.75. The summed E-state index contributed by atoms with van der Waals surface area (Å²) in [7, 11) is 0. The van der Waals surface area contributed by atoms with Crippen molar-refractivity contribution in [2.45, 2.75) is 38.5 Å². The SMILES string of the molecule is CCNCCCc1ncc(C2CC2)o1. The summed E-state index contributed by atoms with van der Waals surface area (Å²) in [6.45, 7) is 4.22. The third-order valence-electron chi connectivity index (χ3n) is 2.55. The van der Waals surface area contributed by atoms with Crippen molar-refractivity contribution in [1.82, 2.24) is 10.3 Å². The van der Waals surface area contributed by atoms with Crippen LogP contribution < -0.4 is 5.32 Å². The van der Waals surface area contributed by atoms with Gasteiger partial charge in [0, 0.05) is 12.3 Å². The summed E-state index contributed by atoms with van der Waals surface area (Å²) in [5.41, 5.74) is 0. The lowest BCUT2D eigenvalue weighted by atomic mass is 10.3. The van der Waals surface area contributed by atoms with Crippen molar-refractivity contribution in [3.63, 3.8) is 0 Å². The molecule has 1 heterocycles. The van der Waals surface area contributed by atoms with E-state index >= 15 is 0 Å². The van der Waals surface area contributed by atoms with Gasteiger partial charge in [0.2, 0.25) is 0 Å². The Balaban J connectivity index is 1.72. The number of hydrogen-bond acceptors (Lipinski definition) is 3. The molecule has 1 saturated carbocycles. The first-order valence-corrected chi connectivity index (χ1v) is 5.55. The molecule has 0 aliphatic heterocycles. The molecule has 0 saturated heterocycles. The predicted molar refractivity (Wildman–Crippen MR) is 55.3 cm³/mol. The molecule has 0 spiro atoms. The lowest BCUT2D eigenvalue weighted by molar-refractivity contribution is 0.448. The second-order valence-electron chi connectivity index (χ2n) is 3.89. The van der Waals surface area contributed by atoms with E-state index in [1.807, 2.05) is 6.20 Å². The Labute approximate surface area is 84.9 Å². The molecule has 78 valence electrons. The van der Waals surface area contributed by atoms with Crippen LogP contribution in [0.3, 0.4) is 0 Å². The zero-order chi connectivity index (χ0) is 9.80. The molecule has 0 atom stereocenters. The minimum atomic E-state index is 0.685. The molecule has 1 fully saturated rings. The van der Waals surface area contributed by atoms with E-state index < -0.39 is 0 Å². The standard InChI is InChI=1S/C11H18N2O/c1-2-12-7-3-4-11-13-8-10(14-11)9-5-6-9/h8-9,12H,2-7H2,1H3. The van der Waals surface area contributed by atoms with Gasteiger partial charge in [0.1, 0.15) is 5.76 Å². The second kappa shape index (κ2) is 4.60. The first-order valence-electron chi connectivity index (χ1n) is 5.55. The molecular weight excluding hydrogens is 176 g/mol. The van der Waals surface area contributed by atoms with Gasteiger partial charge in [-0.05, 0) is 32.4 Å². The number of nitrogens with one attached hydrogen (secondary N) is 1. The maximum Gasteiger partial charge on any atom is 0.194 e. The van der Waals surface area contributed by atoms with Crippen LogP contribution in [-0.2, 0) is 6.42 Å². The Kier molecular flexibility index (Phi) is 3.19. The highest BCUT2D eigenvalue weighted by Gasteiger charge is 2.27. The molecule has 2 rings (SSSR count). The number of aromatic nitrogens is 1. The largest absolute Gasteiger partial charge is 0.445 e. The molecular formula is C11H18N2O. The van der Waals surface area contributed by atoms with Crippen molar-refractivity contribution in [1.29, 1.82) is 0 Å². The van der Waals surface area contributed by atoms with Crippen LogP contribution >= 0.6 is 0 Å². The number of rotatable bonds is 6. The van der Waals surface area contributed by atoms with E-state index in [4.69, 9.17) is 4.42 Å². The summed E-state index contributed by atoms with van der Waals surface area (Å²) in [5.74, 6) is 2.69. The van der Waals surface area contributed by atoms with E-state index in [-0.39, 0.29) is 0 Å². The fraction of sp³-hybridized carbons (Fsp3) is 0.727. The van der Waals surface area contributed by atoms with Crippen molar-refractivity contribution in [3.8, 4) is 0 Å². The van der Waals surface area contributed by atoms with E-state index in [0.717, 1.165) is 37.6 Å². The van der Waals surface area contributed by atoms with Crippen molar-refractivity contribution in [2.75, 3.05) is 13.1 Å². The first kappa shape index (κ1) is 9.71. The van der Waals surface area contributed by atoms with E-state index in [2.05, 4.69) is 17.2 Å². The number of aryl methyl sites for hydroxylation is 1. The Morgan fingerprint density at radius 3 is 3.14 bits per heavy atom. The average molecular weight is 194 g/mol. The maximum atomic E-state index is 5.65. The van der Waals surface area contributed by atoms with Crippen LogP contribution in [0, 0.1) is 0 Å².